The first-order chi connectivity index (χ1) is 22.4. The van der Waals surface area contributed by atoms with Crippen LogP contribution in [0.5, 0.6) is 5.75 Å². The van der Waals surface area contributed by atoms with Crippen LogP contribution in [-0.2, 0) is 30.3 Å². The molecule has 0 saturated carbocycles. The van der Waals surface area contributed by atoms with Crippen LogP contribution in [0.15, 0.2) is 29.6 Å². The lowest BCUT2D eigenvalue weighted by Gasteiger charge is -2.41. The molecule has 0 saturated heterocycles. The monoisotopic (exact) mass is 685 g/mol. The average molecular weight is 686 g/mol. The summed E-state index contributed by atoms with van der Waals surface area (Å²) in [7, 11) is 3.02. The number of carbonyl (C=O) groups is 5. The number of hydrogen-bond donors (Lipinski definition) is 3. The second kappa shape index (κ2) is 15.9. The molecule has 0 radical (unpaired) electrons. The fraction of sp³-hybridized carbons (Fsp3) is 0.600. The molecule has 264 valence electrons. The predicted molar refractivity (Wildman–Crippen MR) is 183 cm³/mol. The lowest BCUT2D eigenvalue weighted by molar-refractivity contribution is -0.182. The van der Waals surface area contributed by atoms with E-state index in [9.17, 15) is 29.1 Å². The number of aromatic nitrogens is 1. The summed E-state index contributed by atoms with van der Waals surface area (Å²) in [5, 5.41) is 17.9. The van der Waals surface area contributed by atoms with Crippen molar-refractivity contribution in [1.29, 1.82) is 0 Å². The number of amides is 4. The van der Waals surface area contributed by atoms with Crippen LogP contribution in [0.2, 0.25) is 0 Å². The smallest absolute Gasteiger partial charge is 0.311 e. The Kier molecular flexibility index (Phi) is 12.8. The van der Waals surface area contributed by atoms with Crippen molar-refractivity contribution in [3.05, 3.63) is 45.9 Å². The molecule has 1 aromatic heterocycles. The molecule has 1 aliphatic heterocycles. The molecule has 0 aliphatic carbocycles. The van der Waals surface area contributed by atoms with Crippen LogP contribution < -0.4 is 10.6 Å². The van der Waals surface area contributed by atoms with Gasteiger partial charge in [0.25, 0.3) is 11.8 Å². The largest absolute Gasteiger partial charge is 0.508 e. The highest BCUT2D eigenvalue weighted by molar-refractivity contribution is 7.09. The van der Waals surface area contributed by atoms with Gasteiger partial charge in [-0.25, -0.2) is 4.98 Å². The van der Waals surface area contributed by atoms with E-state index >= 15 is 0 Å². The van der Waals surface area contributed by atoms with Crippen LogP contribution >= 0.6 is 11.3 Å². The minimum absolute atomic E-state index is 0.0520. The van der Waals surface area contributed by atoms with Crippen molar-refractivity contribution in [3.63, 3.8) is 0 Å². The number of thiazole rings is 1. The molecule has 4 amide bonds. The van der Waals surface area contributed by atoms with E-state index in [1.54, 1.807) is 45.2 Å². The SMILES string of the molecule is CCC[C@H]1NC(=O)c2csc(n2)[C@H](C)NC(=O)[C@H](C(C)C)N(C)C(=O)C(Cc2ccc(O)cc2)N(C)C(=O)[C@](C)(C(C)C)OC(=O)[C@H]1C. The topological polar surface area (TPSA) is 158 Å². The number of ether oxygens (including phenoxy) is 1. The number of hydrogen-bond acceptors (Lipinski definition) is 9. The molecular formula is C35H51N5O7S. The number of nitrogens with zero attached hydrogens (tertiary/aromatic N) is 3. The number of benzene rings is 1. The number of aromatic hydroxyl groups is 1. The number of phenols is 1. The Morgan fingerprint density at radius 2 is 1.62 bits per heavy atom. The molecule has 3 rings (SSSR count). The summed E-state index contributed by atoms with van der Waals surface area (Å²) in [5.74, 6) is -4.18. The third kappa shape index (κ3) is 8.53. The summed E-state index contributed by atoms with van der Waals surface area (Å²) in [6.45, 7) is 14.0. The van der Waals surface area contributed by atoms with Crippen LogP contribution in [0.25, 0.3) is 0 Å². The summed E-state index contributed by atoms with van der Waals surface area (Å²) < 4.78 is 6.05. The number of fused-ring (bicyclic) bond motifs is 2. The minimum atomic E-state index is -1.68. The highest BCUT2D eigenvalue weighted by Crippen LogP contribution is 2.29. The lowest BCUT2D eigenvalue weighted by Crippen LogP contribution is -2.61. The number of likely N-dealkylation sites (N-methyl/N-ethyl adjacent to an activating group) is 2. The molecule has 48 heavy (non-hydrogen) atoms. The number of rotatable bonds is 6. The van der Waals surface area contributed by atoms with E-state index in [-0.39, 0.29) is 23.8 Å². The number of nitrogens with one attached hydrogen (secondary N) is 2. The van der Waals surface area contributed by atoms with Crippen molar-refractivity contribution in [2.75, 3.05) is 14.1 Å². The van der Waals surface area contributed by atoms with Crippen LogP contribution in [-0.4, -0.2) is 87.3 Å². The highest BCUT2D eigenvalue weighted by atomic mass is 32.1. The number of phenolic OH excluding ortho intramolecular Hbond substituents is 1. The second-order valence-corrected chi connectivity index (χ2v) is 14.5. The summed E-state index contributed by atoms with van der Waals surface area (Å²) in [5.41, 5.74) is -0.847. The maximum absolute atomic E-state index is 14.4. The van der Waals surface area contributed by atoms with Gasteiger partial charge in [0.05, 0.1) is 12.0 Å². The Bertz CT molecular complexity index is 1480. The van der Waals surface area contributed by atoms with Crippen molar-refractivity contribution < 1.29 is 33.8 Å². The fourth-order valence-electron chi connectivity index (χ4n) is 5.86. The molecule has 2 bridgehead atoms. The minimum Gasteiger partial charge on any atom is -0.508 e. The Hall–Kier alpha value is -4.00. The van der Waals surface area contributed by atoms with E-state index in [4.69, 9.17) is 4.74 Å². The Balaban J connectivity index is 2.17. The average Bonchev–Trinajstić information content (AvgIpc) is 3.53. The first-order valence-electron chi connectivity index (χ1n) is 16.5. The van der Waals surface area contributed by atoms with Gasteiger partial charge in [0.15, 0.2) is 5.60 Å². The zero-order valence-electron chi connectivity index (χ0n) is 29.7. The van der Waals surface area contributed by atoms with Crippen molar-refractivity contribution in [3.8, 4) is 5.75 Å². The molecule has 0 fully saturated rings. The van der Waals surface area contributed by atoms with Gasteiger partial charge in [0.1, 0.15) is 28.5 Å². The van der Waals surface area contributed by atoms with Gasteiger partial charge in [-0.2, -0.15) is 0 Å². The second-order valence-electron chi connectivity index (χ2n) is 13.6. The zero-order valence-corrected chi connectivity index (χ0v) is 30.5. The van der Waals surface area contributed by atoms with Gasteiger partial charge in [0.2, 0.25) is 11.8 Å². The fourth-order valence-corrected chi connectivity index (χ4v) is 6.67. The van der Waals surface area contributed by atoms with E-state index in [0.717, 1.165) is 0 Å². The van der Waals surface area contributed by atoms with Gasteiger partial charge in [0, 0.05) is 37.9 Å². The molecule has 1 aliphatic rings. The molecule has 1 unspecified atom stereocenters. The maximum Gasteiger partial charge on any atom is 0.311 e. The van der Waals surface area contributed by atoms with Gasteiger partial charge in [-0.1, -0.05) is 53.2 Å². The number of carbonyl (C=O) groups excluding carboxylic acids is 5. The van der Waals surface area contributed by atoms with E-state index in [2.05, 4.69) is 15.6 Å². The summed E-state index contributed by atoms with van der Waals surface area (Å²) in [4.78, 5) is 76.9. The van der Waals surface area contributed by atoms with E-state index in [1.807, 2.05) is 20.8 Å². The van der Waals surface area contributed by atoms with Crippen molar-refractivity contribution in [2.45, 2.75) is 104 Å². The van der Waals surface area contributed by atoms with E-state index in [1.165, 1.54) is 54.3 Å². The van der Waals surface area contributed by atoms with Gasteiger partial charge < -0.3 is 30.3 Å². The quantitative estimate of drug-likeness (QED) is 0.384. The molecule has 12 nitrogen and oxygen atoms in total. The molecule has 6 atom stereocenters. The lowest BCUT2D eigenvalue weighted by atomic mass is 9.88. The summed E-state index contributed by atoms with van der Waals surface area (Å²) in [6, 6.07) is 3.14. The van der Waals surface area contributed by atoms with Crippen molar-refractivity contribution in [1.82, 2.24) is 25.4 Å². The number of cyclic esters (lactones) is 1. The standard InChI is InChI=1S/C35H51N5O7S/c1-11-12-25-21(6)33(45)47-35(8,20(4)5)34(46)39(9)27(17-23-13-15-24(41)16-14-23)32(44)40(10)28(19(2)3)30(43)36-22(7)31-38-26(18-48-31)29(42)37-25/h13-16,18-22,25,27-28,41H,11-12,17H2,1-10H3,(H,36,43)(H,37,42)/t21-,22-,25+,27?,28-,35-/m0/s1. The zero-order chi connectivity index (χ0) is 36.1. The predicted octanol–water partition coefficient (Wildman–Crippen LogP) is 4.08. The maximum atomic E-state index is 14.4. The van der Waals surface area contributed by atoms with Gasteiger partial charge in [-0.15, -0.1) is 11.3 Å². The van der Waals surface area contributed by atoms with Gasteiger partial charge >= 0.3 is 5.97 Å². The number of esters is 1. The highest BCUT2D eigenvalue weighted by Gasteiger charge is 2.47. The van der Waals surface area contributed by atoms with Gasteiger partial charge in [-0.05, 0) is 50.8 Å². The van der Waals surface area contributed by atoms with Gasteiger partial charge in [-0.3, -0.25) is 24.0 Å². The first kappa shape index (κ1) is 38.4. The van der Waals surface area contributed by atoms with Crippen LogP contribution in [0.1, 0.15) is 95.3 Å². The third-order valence-electron chi connectivity index (χ3n) is 9.32. The molecular weight excluding hydrogens is 634 g/mol. The Morgan fingerprint density at radius 3 is 2.19 bits per heavy atom. The van der Waals surface area contributed by atoms with E-state index in [0.29, 0.717) is 23.4 Å². The first-order valence-corrected chi connectivity index (χ1v) is 17.4. The Morgan fingerprint density at radius 1 is 1.00 bits per heavy atom. The molecule has 3 N–H and O–H groups in total. The Labute approximate surface area is 287 Å². The van der Waals surface area contributed by atoms with Crippen molar-refractivity contribution >= 4 is 40.9 Å². The van der Waals surface area contributed by atoms with E-state index < -0.39 is 71.2 Å². The molecule has 13 heteroatoms. The molecule has 2 heterocycles. The van der Waals surface area contributed by atoms with Crippen LogP contribution in [0.4, 0.5) is 0 Å². The molecule has 2 aromatic rings. The summed E-state index contributed by atoms with van der Waals surface area (Å²) >= 11 is 1.22. The van der Waals surface area contributed by atoms with Crippen LogP contribution in [0.3, 0.4) is 0 Å². The molecule has 1 aromatic carbocycles. The summed E-state index contributed by atoms with van der Waals surface area (Å²) in [6.07, 6.45) is 1.21. The normalized spacial score (nSPS) is 26.9. The third-order valence-corrected chi connectivity index (χ3v) is 10.3. The van der Waals surface area contributed by atoms with Crippen LogP contribution in [0, 0.1) is 17.8 Å². The van der Waals surface area contributed by atoms with Crippen molar-refractivity contribution in [2.24, 2.45) is 17.8 Å². The molecule has 0 spiro atoms.